The van der Waals surface area contributed by atoms with E-state index < -0.39 is 0 Å². The van der Waals surface area contributed by atoms with Crippen LogP contribution in [0.2, 0.25) is 0 Å². The fourth-order valence-electron chi connectivity index (χ4n) is 2.74. The quantitative estimate of drug-likeness (QED) is 0.525. The number of aromatic nitrogens is 6. The van der Waals surface area contributed by atoms with E-state index in [1.807, 2.05) is 49.7 Å². The van der Waals surface area contributed by atoms with Crippen LogP contribution in [-0.4, -0.2) is 29.5 Å². The third-order valence-corrected chi connectivity index (χ3v) is 4.24. The van der Waals surface area contributed by atoms with Crippen LogP contribution in [0.15, 0.2) is 28.7 Å². The van der Waals surface area contributed by atoms with Gasteiger partial charge in [0.25, 0.3) is 5.95 Å². The van der Waals surface area contributed by atoms with Crippen molar-refractivity contribution in [2.45, 2.75) is 13.8 Å². The SMILES string of the molecule is Cc1cc(C)n(-c2nnc3c4cc(Br)ccc4n(C)c3n2)n1. The van der Waals surface area contributed by atoms with E-state index in [-0.39, 0.29) is 0 Å². The molecule has 3 aromatic heterocycles. The largest absolute Gasteiger partial charge is 0.327 e. The number of fused-ring (bicyclic) bond motifs is 3. The van der Waals surface area contributed by atoms with Crippen LogP contribution in [0.3, 0.4) is 0 Å². The smallest absolute Gasteiger partial charge is 0.272 e. The number of nitrogens with zero attached hydrogens (tertiary/aromatic N) is 6. The average Bonchev–Trinajstić information content (AvgIpc) is 2.97. The first-order valence-electron chi connectivity index (χ1n) is 6.86. The Morgan fingerprint density at radius 2 is 1.91 bits per heavy atom. The van der Waals surface area contributed by atoms with Gasteiger partial charge < -0.3 is 4.57 Å². The maximum atomic E-state index is 4.66. The van der Waals surface area contributed by atoms with Crippen molar-refractivity contribution in [3.8, 4) is 5.95 Å². The van der Waals surface area contributed by atoms with Gasteiger partial charge in [-0.05, 0) is 38.1 Å². The molecule has 0 N–H and O–H groups in total. The van der Waals surface area contributed by atoms with Crippen molar-refractivity contribution in [1.29, 1.82) is 0 Å². The molecule has 3 heterocycles. The van der Waals surface area contributed by atoms with Gasteiger partial charge in [-0.3, -0.25) is 0 Å². The van der Waals surface area contributed by atoms with Crippen LogP contribution in [0, 0.1) is 13.8 Å². The summed E-state index contributed by atoms with van der Waals surface area (Å²) in [5.74, 6) is 0.489. The molecule has 0 amide bonds. The highest BCUT2D eigenvalue weighted by atomic mass is 79.9. The van der Waals surface area contributed by atoms with E-state index in [2.05, 4.69) is 36.2 Å². The van der Waals surface area contributed by atoms with Gasteiger partial charge in [0.15, 0.2) is 5.65 Å². The van der Waals surface area contributed by atoms with Gasteiger partial charge in [-0.2, -0.15) is 10.1 Å². The van der Waals surface area contributed by atoms with Crippen molar-refractivity contribution in [2.75, 3.05) is 0 Å². The minimum absolute atomic E-state index is 0.489. The molecule has 22 heavy (non-hydrogen) atoms. The van der Waals surface area contributed by atoms with Gasteiger partial charge in [-0.15, -0.1) is 10.2 Å². The van der Waals surface area contributed by atoms with Crippen LogP contribution in [0.4, 0.5) is 0 Å². The molecule has 0 spiro atoms. The second-order valence-corrected chi connectivity index (χ2v) is 6.26. The molecule has 0 atom stereocenters. The van der Waals surface area contributed by atoms with Crippen molar-refractivity contribution >= 4 is 38.0 Å². The van der Waals surface area contributed by atoms with Gasteiger partial charge in [0.2, 0.25) is 0 Å². The van der Waals surface area contributed by atoms with E-state index in [1.54, 1.807) is 4.68 Å². The molecule has 0 radical (unpaired) electrons. The van der Waals surface area contributed by atoms with Crippen LogP contribution >= 0.6 is 15.9 Å². The molecule has 6 nitrogen and oxygen atoms in total. The zero-order valence-corrected chi connectivity index (χ0v) is 14.0. The van der Waals surface area contributed by atoms with E-state index in [1.165, 1.54) is 0 Å². The molecule has 0 bridgehead atoms. The van der Waals surface area contributed by atoms with Gasteiger partial charge in [0, 0.05) is 22.6 Å². The monoisotopic (exact) mass is 356 g/mol. The first-order chi connectivity index (χ1) is 10.5. The molecule has 0 saturated carbocycles. The summed E-state index contributed by atoms with van der Waals surface area (Å²) >= 11 is 3.50. The minimum Gasteiger partial charge on any atom is -0.327 e. The molecule has 0 aliphatic rings. The lowest BCUT2D eigenvalue weighted by Crippen LogP contribution is -2.07. The molecule has 1 aromatic carbocycles. The first kappa shape index (κ1) is 13.4. The molecular weight excluding hydrogens is 344 g/mol. The Balaban J connectivity index is 2.04. The second-order valence-electron chi connectivity index (χ2n) is 5.34. The number of benzene rings is 1. The predicted octanol–water partition coefficient (Wildman–Crippen LogP) is 3.08. The number of rotatable bonds is 1. The Labute approximate surface area is 134 Å². The highest BCUT2D eigenvalue weighted by molar-refractivity contribution is 9.10. The lowest BCUT2D eigenvalue weighted by Gasteiger charge is -2.02. The number of hydrogen-bond donors (Lipinski definition) is 0. The number of aryl methyl sites for hydroxylation is 3. The molecule has 0 saturated heterocycles. The Kier molecular flexibility index (Phi) is 2.80. The minimum atomic E-state index is 0.489. The number of halogens is 1. The van der Waals surface area contributed by atoms with Crippen molar-refractivity contribution in [2.24, 2.45) is 7.05 Å². The maximum Gasteiger partial charge on any atom is 0.272 e. The Morgan fingerprint density at radius 3 is 2.64 bits per heavy atom. The van der Waals surface area contributed by atoms with Gasteiger partial charge in [-0.25, -0.2) is 4.68 Å². The molecule has 0 unspecified atom stereocenters. The van der Waals surface area contributed by atoms with Crippen LogP contribution in [0.5, 0.6) is 0 Å². The van der Waals surface area contributed by atoms with Crippen molar-refractivity contribution in [3.05, 3.63) is 40.1 Å². The zero-order chi connectivity index (χ0) is 15.4. The highest BCUT2D eigenvalue weighted by Gasteiger charge is 2.15. The summed E-state index contributed by atoms with van der Waals surface area (Å²) < 4.78 is 4.76. The lowest BCUT2D eigenvalue weighted by molar-refractivity contribution is 0.753. The molecule has 4 rings (SSSR count). The third-order valence-electron chi connectivity index (χ3n) is 3.75. The Hall–Kier alpha value is -2.28. The molecule has 110 valence electrons. The van der Waals surface area contributed by atoms with Crippen molar-refractivity contribution < 1.29 is 0 Å². The summed E-state index contributed by atoms with van der Waals surface area (Å²) in [6.45, 7) is 3.93. The van der Waals surface area contributed by atoms with E-state index in [4.69, 9.17) is 0 Å². The van der Waals surface area contributed by atoms with Crippen LogP contribution < -0.4 is 0 Å². The summed E-state index contributed by atoms with van der Waals surface area (Å²) in [4.78, 5) is 4.66. The van der Waals surface area contributed by atoms with Gasteiger partial charge in [0.1, 0.15) is 5.52 Å². The fraction of sp³-hybridized carbons (Fsp3) is 0.200. The first-order valence-corrected chi connectivity index (χ1v) is 7.66. The fourth-order valence-corrected chi connectivity index (χ4v) is 3.10. The number of hydrogen-bond acceptors (Lipinski definition) is 4. The normalized spacial score (nSPS) is 11.6. The van der Waals surface area contributed by atoms with E-state index in [9.17, 15) is 0 Å². The molecule has 0 fully saturated rings. The van der Waals surface area contributed by atoms with Crippen LogP contribution in [-0.2, 0) is 7.05 Å². The Morgan fingerprint density at radius 1 is 1.09 bits per heavy atom. The van der Waals surface area contributed by atoms with Gasteiger partial charge >= 0.3 is 0 Å². The Bertz CT molecular complexity index is 1030. The predicted molar refractivity (Wildman–Crippen MR) is 88.1 cm³/mol. The van der Waals surface area contributed by atoms with Gasteiger partial charge in [-0.1, -0.05) is 15.9 Å². The summed E-state index contributed by atoms with van der Waals surface area (Å²) in [5, 5.41) is 14.1. The van der Waals surface area contributed by atoms with E-state index >= 15 is 0 Å². The maximum absolute atomic E-state index is 4.66. The van der Waals surface area contributed by atoms with Crippen molar-refractivity contribution in [1.82, 2.24) is 29.5 Å². The summed E-state index contributed by atoms with van der Waals surface area (Å²) in [6.07, 6.45) is 0. The molecular formula is C15H13BrN6. The zero-order valence-electron chi connectivity index (χ0n) is 12.4. The van der Waals surface area contributed by atoms with Crippen LogP contribution in [0.1, 0.15) is 11.4 Å². The molecule has 7 heteroatoms. The van der Waals surface area contributed by atoms with E-state index in [0.717, 1.165) is 37.9 Å². The third kappa shape index (κ3) is 1.85. The van der Waals surface area contributed by atoms with E-state index in [0.29, 0.717) is 5.95 Å². The molecule has 0 aliphatic carbocycles. The second kappa shape index (κ2) is 4.61. The molecule has 0 aliphatic heterocycles. The summed E-state index contributed by atoms with van der Waals surface area (Å²) in [7, 11) is 1.98. The van der Waals surface area contributed by atoms with Crippen molar-refractivity contribution in [3.63, 3.8) is 0 Å². The lowest BCUT2D eigenvalue weighted by atomic mass is 10.2. The van der Waals surface area contributed by atoms with Gasteiger partial charge in [0.05, 0.1) is 11.2 Å². The highest BCUT2D eigenvalue weighted by Crippen LogP contribution is 2.27. The standard InChI is InChI=1S/C15H13BrN6/c1-8-6-9(2)22(20-8)15-17-14-13(18-19-15)11-7-10(16)4-5-12(11)21(14)3/h4-7H,1-3H3. The van der Waals surface area contributed by atoms with Crippen LogP contribution in [0.25, 0.3) is 28.0 Å². The summed E-state index contributed by atoms with van der Waals surface area (Å²) in [6, 6.07) is 8.09. The summed E-state index contributed by atoms with van der Waals surface area (Å²) in [5.41, 5.74) is 4.59. The topological polar surface area (TPSA) is 61.4 Å². The average molecular weight is 357 g/mol. The molecule has 4 aromatic rings.